The summed E-state index contributed by atoms with van der Waals surface area (Å²) in [6.45, 7) is 3.66. The van der Waals surface area contributed by atoms with E-state index in [0.717, 1.165) is 48.5 Å². The molecule has 1 unspecified atom stereocenters. The molecule has 1 fully saturated rings. The number of thiophene rings is 1. The zero-order valence-corrected chi connectivity index (χ0v) is 20.9. The Morgan fingerprint density at radius 2 is 2.00 bits per heavy atom. The Bertz CT molecular complexity index is 1350. The van der Waals surface area contributed by atoms with Crippen molar-refractivity contribution in [2.45, 2.75) is 18.8 Å². The van der Waals surface area contributed by atoms with Crippen LogP contribution in [0.15, 0.2) is 53.5 Å². The monoisotopic (exact) mass is 534 g/mol. The molecule has 1 saturated heterocycles. The van der Waals surface area contributed by atoms with Crippen LogP contribution in [0, 0.1) is 0 Å². The van der Waals surface area contributed by atoms with Gasteiger partial charge in [-0.15, -0.1) is 5.10 Å². The average Bonchev–Trinajstić information content (AvgIpc) is 3.55. The lowest BCUT2D eigenvalue weighted by Gasteiger charge is -2.38. The Morgan fingerprint density at radius 1 is 1.22 bits per heavy atom. The molecule has 9 nitrogen and oxygen atoms in total. The van der Waals surface area contributed by atoms with Crippen LogP contribution >= 0.6 is 11.3 Å². The summed E-state index contributed by atoms with van der Waals surface area (Å²) in [7, 11) is 3.84. The molecule has 196 valence electrons. The Morgan fingerprint density at radius 3 is 2.68 bits per heavy atom. The lowest BCUT2D eigenvalue weighted by atomic mass is 10.1. The SMILES string of the molecule is COc1ncccc1CN1CCN(C)C(c2nnn3cc(-c4ccsc4)ccc23)C1.O=C(O)C(F)(F)F. The number of fused-ring (bicyclic) bond motifs is 1. The second-order valence-corrected chi connectivity index (χ2v) is 9.22. The first-order valence-corrected chi connectivity index (χ1v) is 12.2. The van der Waals surface area contributed by atoms with Crippen molar-refractivity contribution in [3.63, 3.8) is 0 Å². The molecule has 0 bridgehead atoms. The number of alkyl halides is 3. The number of methoxy groups -OCH3 is 1. The van der Waals surface area contributed by atoms with Gasteiger partial charge in [0.2, 0.25) is 5.88 Å². The molecule has 13 heteroatoms. The minimum Gasteiger partial charge on any atom is -0.481 e. The number of hydrogen-bond acceptors (Lipinski definition) is 8. The maximum absolute atomic E-state index is 10.6. The van der Waals surface area contributed by atoms with Crippen LogP contribution < -0.4 is 4.74 Å². The highest BCUT2D eigenvalue weighted by Gasteiger charge is 2.38. The molecule has 0 aliphatic carbocycles. The van der Waals surface area contributed by atoms with Crippen molar-refractivity contribution in [3.8, 4) is 17.0 Å². The van der Waals surface area contributed by atoms with Crippen molar-refractivity contribution in [1.82, 2.24) is 29.6 Å². The number of piperazine rings is 1. The number of carboxylic acid groups (broad SMARTS) is 1. The number of carbonyl (C=O) groups is 1. The van der Waals surface area contributed by atoms with Crippen molar-refractivity contribution < 1.29 is 27.8 Å². The Kier molecular flexibility index (Phi) is 8.05. The number of rotatable bonds is 5. The molecular formula is C24H25F3N6O3S. The molecule has 0 amide bonds. The smallest absolute Gasteiger partial charge is 0.481 e. The van der Waals surface area contributed by atoms with Crippen LogP contribution in [0.5, 0.6) is 5.88 Å². The minimum absolute atomic E-state index is 0.186. The third-order valence-electron chi connectivity index (χ3n) is 6.02. The molecule has 0 radical (unpaired) electrons. The number of carboxylic acids is 1. The van der Waals surface area contributed by atoms with Crippen LogP contribution in [-0.4, -0.2) is 80.7 Å². The number of aromatic nitrogens is 4. The second kappa shape index (κ2) is 11.2. The molecule has 0 saturated carbocycles. The predicted octanol–water partition coefficient (Wildman–Crippen LogP) is 3.98. The third kappa shape index (κ3) is 6.24. The van der Waals surface area contributed by atoms with E-state index in [4.69, 9.17) is 14.6 Å². The highest BCUT2D eigenvalue weighted by molar-refractivity contribution is 7.08. The Labute approximate surface area is 214 Å². The second-order valence-electron chi connectivity index (χ2n) is 8.44. The third-order valence-corrected chi connectivity index (χ3v) is 6.71. The topological polar surface area (TPSA) is 96.1 Å². The fourth-order valence-corrected chi connectivity index (χ4v) is 4.75. The fourth-order valence-electron chi connectivity index (χ4n) is 4.09. The first kappa shape index (κ1) is 26.5. The highest BCUT2D eigenvalue weighted by Crippen LogP contribution is 2.29. The number of pyridine rings is 2. The van der Waals surface area contributed by atoms with E-state index in [2.05, 4.69) is 73.4 Å². The maximum atomic E-state index is 10.6. The molecule has 5 rings (SSSR count). The maximum Gasteiger partial charge on any atom is 0.490 e. The van der Waals surface area contributed by atoms with E-state index in [0.29, 0.717) is 5.88 Å². The molecule has 4 aromatic rings. The molecule has 5 heterocycles. The normalized spacial score (nSPS) is 16.8. The molecule has 1 aliphatic heterocycles. The van der Waals surface area contributed by atoms with Crippen LogP contribution in [0.4, 0.5) is 13.2 Å². The van der Waals surface area contributed by atoms with Crippen LogP contribution in [-0.2, 0) is 11.3 Å². The van der Waals surface area contributed by atoms with E-state index in [1.165, 1.54) is 5.56 Å². The van der Waals surface area contributed by atoms with E-state index in [9.17, 15) is 13.2 Å². The van der Waals surface area contributed by atoms with Crippen molar-refractivity contribution in [3.05, 3.63) is 64.7 Å². The number of halogens is 3. The van der Waals surface area contributed by atoms with Crippen LogP contribution in [0.3, 0.4) is 0 Å². The summed E-state index contributed by atoms with van der Waals surface area (Å²) in [5, 5.41) is 20.4. The zero-order chi connectivity index (χ0) is 26.6. The molecule has 37 heavy (non-hydrogen) atoms. The quantitative estimate of drug-likeness (QED) is 0.411. The highest BCUT2D eigenvalue weighted by atomic mass is 32.1. The van der Waals surface area contributed by atoms with Gasteiger partial charge in [-0.05, 0) is 41.6 Å². The number of nitrogens with zero attached hydrogens (tertiary/aromatic N) is 6. The summed E-state index contributed by atoms with van der Waals surface area (Å²) in [5.41, 5.74) is 5.56. The first-order chi connectivity index (χ1) is 17.7. The number of hydrogen-bond donors (Lipinski definition) is 1. The summed E-state index contributed by atoms with van der Waals surface area (Å²) in [6, 6.07) is 10.7. The lowest BCUT2D eigenvalue weighted by molar-refractivity contribution is -0.192. The van der Waals surface area contributed by atoms with Crippen molar-refractivity contribution in [2.24, 2.45) is 0 Å². The van der Waals surface area contributed by atoms with Crippen molar-refractivity contribution in [2.75, 3.05) is 33.8 Å². The van der Waals surface area contributed by atoms with Gasteiger partial charge in [0.25, 0.3) is 0 Å². The summed E-state index contributed by atoms with van der Waals surface area (Å²) >= 11 is 1.70. The van der Waals surface area contributed by atoms with Crippen LogP contribution in [0.2, 0.25) is 0 Å². The molecular weight excluding hydrogens is 509 g/mol. The van der Waals surface area contributed by atoms with Crippen LogP contribution in [0.25, 0.3) is 16.6 Å². The van der Waals surface area contributed by atoms with E-state index in [1.807, 2.05) is 10.6 Å². The lowest BCUT2D eigenvalue weighted by Crippen LogP contribution is -2.46. The van der Waals surface area contributed by atoms with E-state index < -0.39 is 12.1 Å². The van der Waals surface area contributed by atoms with Crippen molar-refractivity contribution >= 4 is 22.8 Å². The molecule has 1 N–H and O–H groups in total. The van der Waals surface area contributed by atoms with Gasteiger partial charge in [-0.2, -0.15) is 24.5 Å². The number of likely N-dealkylation sites (N-methyl/N-ethyl adjacent to an activating group) is 1. The summed E-state index contributed by atoms with van der Waals surface area (Å²) in [6.07, 6.45) is -1.25. The molecule has 4 aromatic heterocycles. The fraction of sp³-hybridized carbons (Fsp3) is 0.333. The van der Waals surface area contributed by atoms with Crippen LogP contribution in [0.1, 0.15) is 17.3 Å². The molecule has 1 aliphatic rings. The predicted molar refractivity (Wildman–Crippen MR) is 131 cm³/mol. The van der Waals surface area contributed by atoms with E-state index in [-0.39, 0.29) is 6.04 Å². The Balaban J connectivity index is 0.000000405. The van der Waals surface area contributed by atoms with Crippen molar-refractivity contribution in [1.29, 1.82) is 0 Å². The van der Waals surface area contributed by atoms with Gasteiger partial charge in [0.05, 0.1) is 18.7 Å². The standard InChI is InChI=1S/C22H24N6OS.C2HF3O2/c1-26-9-10-27(12-17-4-3-8-23-22(17)29-2)14-20(26)21-19-6-5-16(13-28(19)25-24-21)18-7-11-30-15-18;3-2(4,5)1(6)7/h3-8,11,13,15,20H,9-10,12,14H2,1-2H3;(H,6,7). The molecule has 0 aromatic carbocycles. The zero-order valence-electron chi connectivity index (χ0n) is 20.1. The molecule has 1 atom stereocenters. The average molecular weight is 535 g/mol. The summed E-state index contributed by atoms with van der Waals surface area (Å²) < 4.78 is 39.1. The van der Waals surface area contributed by atoms with Gasteiger partial charge in [0, 0.05) is 49.7 Å². The van der Waals surface area contributed by atoms with Gasteiger partial charge in [0.1, 0.15) is 5.69 Å². The molecule has 0 spiro atoms. The van der Waals surface area contributed by atoms with Gasteiger partial charge in [-0.1, -0.05) is 17.3 Å². The summed E-state index contributed by atoms with van der Waals surface area (Å²) in [5.74, 6) is -2.06. The summed E-state index contributed by atoms with van der Waals surface area (Å²) in [4.78, 5) is 18.0. The number of ether oxygens (including phenoxy) is 1. The van der Waals surface area contributed by atoms with E-state index >= 15 is 0 Å². The van der Waals surface area contributed by atoms with Gasteiger partial charge >= 0.3 is 12.1 Å². The van der Waals surface area contributed by atoms with Gasteiger partial charge in [-0.3, -0.25) is 9.80 Å². The van der Waals surface area contributed by atoms with E-state index in [1.54, 1.807) is 24.6 Å². The van der Waals surface area contributed by atoms with Gasteiger partial charge in [0.15, 0.2) is 0 Å². The minimum atomic E-state index is -5.08. The largest absolute Gasteiger partial charge is 0.490 e. The first-order valence-electron chi connectivity index (χ1n) is 11.3. The Hall–Kier alpha value is -3.55. The number of aliphatic carboxylic acids is 1. The van der Waals surface area contributed by atoms with Gasteiger partial charge in [-0.25, -0.2) is 14.3 Å². The van der Waals surface area contributed by atoms with Gasteiger partial charge < -0.3 is 9.84 Å².